The fourth-order valence-electron chi connectivity index (χ4n) is 2.35. The van der Waals surface area contributed by atoms with Gasteiger partial charge in [0.15, 0.2) is 11.6 Å². The Kier molecular flexibility index (Phi) is 4.33. The molecule has 0 saturated carbocycles. The van der Waals surface area contributed by atoms with Crippen molar-refractivity contribution in [3.63, 3.8) is 0 Å². The molecule has 0 saturated heterocycles. The smallest absolute Gasteiger partial charge is 0.270 e. The van der Waals surface area contributed by atoms with Crippen LogP contribution in [0.5, 0.6) is 0 Å². The van der Waals surface area contributed by atoms with Gasteiger partial charge in [-0.1, -0.05) is 12.1 Å². The van der Waals surface area contributed by atoms with E-state index in [-0.39, 0.29) is 5.69 Å². The van der Waals surface area contributed by atoms with Crippen molar-refractivity contribution in [2.75, 3.05) is 0 Å². The lowest BCUT2D eigenvalue weighted by molar-refractivity contribution is 0.0936. The van der Waals surface area contributed by atoms with Crippen molar-refractivity contribution >= 4 is 5.91 Å². The van der Waals surface area contributed by atoms with Crippen molar-refractivity contribution in [2.24, 2.45) is 7.05 Å². The molecule has 0 aliphatic carbocycles. The molecule has 5 nitrogen and oxygen atoms in total. The normalized spacial score (nSPS) is 12.0. The first-order valence-electron chi connectivity index (χ1n) is 7.20. The number of pyridine rings is 1. The zero-order valence-corrected chi connectivity index (χ0v) is 12.8. The minimum Gasteiger partial charge on any atom is -0.337 e. The highest BCUT2D eigenvalue weighted by Gasteiger charge is 2.23. The summed E-state index contributed by atoms with van der Waals surface area (Å²) in [6.45, 7) is 0. The van der Waals surface area contributed by atoms with Crippen LogP contribution in [0.1, 0.15) is 27.9 Å². The number of benzene rings is 1. The number of imidazole rings is 1. The number of amides is 1. The quantitative estimate of drug-likeness (QED) is 0.801. The number of nitrogens with zero attached hydrogens (tertiary/aromatic N) is 3. The maximum absolute atomic E-state index is 13.6. The highest BCUT2D eigenvalue weighted by molar-refractivity contribution is 5.92. The summed E-state index contributed by atoms with van der Waals surface area (Å²) in [4.78, 5) is 20.6. The standard InChI is InChI=1S/C17H14F2N4O/c1-23-9-8-21-16(23)15(11-5-6-12(18)13(19)10-11)22-17(24)14-4-2-3-7-20-14/h2-10,15H,1H3,(H,22,24)/t15-/m1/s1. The van der Waals surface area contributed by atoms with E-state index in [9.17, 15) is 13.6 Å². The van der Waals surface area contributed by atoms with Crippen molar-refractivity contribution in [1.29, 1.82) is 0 Å². The van der Waals surface area contributed by atoms with Crippen molar-refractivity contribution in [2.45, 2.75) is 6.04 Å². The van der Waals surface area contributed by atoms with E-state index in [1.54, 1.807) is 42.2 Å². The molecule has 1 amide bonds. The van der Waals surface area contributed by atoms with Gasteiger partial charge in [0.05, 0.1) is 0 Å². The summed E-state index contributed by atoms with van der Waals surface area (Å²) in [5, 5.41) is 2.77. The van der Waals surface area contributed by atoms with E-state index in [1.807, 2.05) is 0 Å². The predicted molar refractivity (Wildman–Crippen MR) is 83.1 cm³/mol. The van der Waals surface area contributed by atoms with Crippen molar-refractivity contribution in [3.8, 4) is 0 Å². The molecule has 0 aliphatic heterocycles. The van der Waals surface area contributed by atoms with E-state index >= 15 is 0 Å². The second-order valence-electron chi connectivity index (χ2n) is 5.19. The van der Waals surface area contributed by atoms with E-state index in [1.165, 1.54) is 12.3 Å². The molecule has 7 heteroatoms. The summed E-state index contributed by atoms with van der Waals surface area (Å²) in [6.07, 6.45) is 4.77. The number of carbonyl (C=O) groups excluding carboxylic acids is 1. The molecule has 0 unspecified atom stereocenters. The summed E-state index contributed by atoms with van der Waals surface area (Å²) >= 11 is 0. The van der Waals surface area contributed by atoms with Gasteiger partial charge in [0.1, 0.15) is 17.6 Å². The van der Waals surface area contributed by atoms with Crippen LogP contribution in [-0.2, 0) is 7.05 Å². The van der Waals surface area contributed by atoms with Gasteiger partial charge in [-0.3, -0.25) is 9.78 Å². The van der Waals surface area contributed by atoms with E-state index < -0.39 is 23.6 Å². The zero-order valence-electron chi connectivity index (χ0n) is 12.8. The molecule has 1 atom stereocenters. The van der Waals surface area contributed by atoms with Gasteiger partial charge in [0.25, 0.3) is 5.91 Å². The highest BCUT2D eigenvalue weighted by Crippen LogP contribution is 2.22. The number of aromatic nitrogens is 3. The topological polar surface area (TPSA) is 59.8 Å². The first-order chi connectivity index (χ1) is 11.6. The Morgan fingerprint density at radius 3 is 2.58 bits per heavy atom. The molecule has 0 bridgehead atoms. The second-order valence-corrected chi connectivity index (χ2v) is 5.19. The summed E-state index contributed by atoms with van der Waals surface area (Å²) in [5.74, 6) is -1.88. The van der Waals surface area contributed by atoms with Crippen LogP contribution in [0.3, 0.4) is 0 Å². The number of nitrogens with one attached hydrogen (secondary N) is 1. The van der Waals surface area contributed by atoms with E-state index in [0.717, 1.165) is 12.1 Å². The Balaban J connectivity index is 1.98. The first-order valence-corrected chi connectivity index (χ1v) is 7.20. The molecule has 1 N–H and O–H groups in total. The Bertz CT molecular complexity index is 864. The molecule has 0 radical (unpaired) electrons. The van der Waals surface area contributed by atoms with E-state index in [0.29, 0.717) is 11.4 Å². The number of hydrogen-bond acceptors (Lipinski definition) is 3. The molecular weight excluding hydrogens is 314 g/mol. The number of rotatable bonds is 4. The number of halogens is 2. The molecule has 1 aromatic carbocycles. The first kappa shape index (κ1) is 15.8. The minimum absolute atomic E-state index is 0.222. The van der Waals surface area contributed by atoms with Crippen LogP contribution >= 0.6 is 0 Å². The molecule has 0 fully saturated rings. The van der Waals surface area contributed by atoms with Gasteiger partial charge in [0, 0.05) is 25.6 Å². The summed E-state index contributed by atoms with van der Waals surface area (Å²) in [5.41, 5.74) is 0.603. The van der Waals surface area contributed by atoms with Gasteiger partial charge in [-0.15, -0.1) is 0 Å². The van der Waals surface area contributed by atoms with Gasteiger partial charge < -0.3 is 9.88 Å². The van der Waals surface area contributed by atoms with Crippen molar-refractivity contribution < 1.29 is 13.6 Å². The fraction of sp³-hybridized carbons (Fsp3) is 0.118. The highest BCUT2D eigenvalue weighted by atomic mass is 19.2. The third kappa shape index (κ3) is 3.15. The van der Waals surface area contributed by atoms with E-state index in [2.05, 4.69) is 15.3 Å². The molecule has 2 aromatic heterocycles. The SMILES string of the molecule is Cn1ccnc1[C@H](NC(=O)c1ccccn1)c1ccc(F)c(F)c1. The third-order valence-electron chi connectivity index (χ3n) is 3.57. The lowest BCUT2D eigenvalue weighted by Crippen LogP contribution is -2.31. The van der Waals surface area contributed by atoms with Crippen LogP contribution in [0.15, 0.2) is 55.0 Å². The third-order valence-corrected chi connectivity index (χ3v) is 3.57. The second kappa shape index (κ2) is 6.57. The van der Waals surface area contributed by atoms with Crippen LogP contribution < -0.4 is 5.32 Å². The van der Waals surface area contributed by atoms with Gasteiger partial charge in [-0.25, -0.2) is 13.8 Å². The Morgan fingerprint density at radius 2 is 1.96 bits per heavy atom. The molecule has 3 rings (SSSR count). The largest absolute Gasteiger partial charge is 0.337 e. The monoisotopic (exact) mass is 328 g/mol. The summed E-state index contributed by atoms with van der Waals surface area (Å²) in [7, 11) is 1.75. The van der Waals surface area contributed by atoms with Gasteiger partial charge >= 0.3 is 0 Å². The van der Waals surface area contributed by atoms with Gasteiger partial charge in [0.2, 0.25) is 0 Å². The molecule has 24 heavy (non-hydrogen) atoms. The van der Waals surface area contributed by atoms with Crippen LogP contribution in [0.25, 0.3) is 0 Å². The molecule has 2 heterocycles. The zero-order chi connectivity index (χ0) is 17.1. The lowest BCUT2D eigenvalue weighted by Gasteiger charge is -2.19. The predicted octanol–water partition coefficient (Wildman–Crippen LogP) is 2.61. The number of aryl methyl sites for hydroxylation is 1. The lowest BCUT2D eigenvalue weighted by atomic mass is 10.1. The van der Waals surface area contributed by atoms with Crippen LogP contribution in [0, 0.1) is 11.6 Å². The maximum atomic E-state index is 13.6. The Labute approximate surface area is 137 Å². The Hall–Kier alpha value is -3.09. The molecule has 122 valence electrons. The molecule has 0 spiro atoms. The van der Waals surface area contributed by atoms with Crippen LogP contribution in [0.2, 0.25) is 0 Å². The van der Waals surface area contributed by atoms with Crippen molar-refractivity contribution in [3.05, 3.63) is 83.7 Å². The van der Waals surface area contributed by atoms with Crippen LogP contribution in [-0.4, -0.2) is 20.4 Å². The summed E-state index contributed by atoms with van der Waals surface area (Å²) in [6, 6.07) is 7.69. The van der Waals surface area contributed by atoms with Gasteiger partial charge in [-0.05, 0) is 29.8 Å². The van der Waals surface area contributed by atoms with Crippen molar-refractivity contribution in [1.82, 2.24) is 19.9 Å². The van der Waals surface area contributed by atoms with E-state index in [4.69, 9.17) is 0 Å². The van der Waals surface area contributed by atoms with Gasteiger partial charge in [-0.2, -0.15) is 0 Å². The molecule has 3 aromatic rings. The average molecular weight is 328 g/mol. The van der Waals surface area contributed by atoms with Crippen LogP contribution in [0.4, 0.5) is 8.78 Å². The maximum Gasteiger partial charge on any atom is 0.270 e. The Morgan fingerprint density at radius 1 is 1.12 bits per heavy atom. The number of carbonyl (C=O) groups is 1. The average Bonchev–Trinajstić information content (AvgIpc) is 3.01. The fourth-order valence-corrected chi connectivity index (χ4v) is 2.35. The number of hydrogen-bond donors (Lipinski definition) is 1. The molecular formula is C17H14F2N4O. The molecule has 0 aliphatic rings. The summed E-state index contributed by atoms with van der Waals surface area (Å²) < 4.78 is 28.5. The minimum atomic E-state index is -0.987.